The number of nitrogens with zero attached hydrogens (tertiary/aromatic N) is 1. The molecule has 88 valence electrons. The van der Waals surface area contributed by atoms with E-state index in [1.165, 1.54) is 17.0 Å². The number of hydrogen-bond donors (Lipinski definition) is 1. The summed E-state index contributed by atoms with van der Waals surface area (Å²) in [5.41, 5.74) is 5.43. The molecule has 0 atom stereocenters. The van der Waals surface area contributed by atoms with Gasteiger partial charge in [-0.1, -0.05) is 6.07 Å². The van der Waals surface area contributed by atoms with E-state index >= 15 is 0 Å². The predicted octanol–water partition coefficient (Wildman–Crippen LogP) is 1.77. The van der Waals surface area contributed by atoms with Gasteiger partial charge < -0.3 is 10.6 Å². The van der Waals surface area contributed by atoms with E-state index in [-0.39, 0.29) is 18.3 Å². The van der Waals surface area contributed by atoms with E-state index in [9.17, 15) is 9.18 Å². The second-order valence-electron chi connectivity index (χ2n) is 4.43. The highest BCUT2D eigenvalue weighted by atomic mass is 19.1. The second kappa shape index (κ2) is 4.61. The van der Waals surface area contributed by atoms with Crippen LogP contribution in [0.2, 0.25) is 0 Å². The van der Waals surface area contributed by atoms with Gasteiger partial charge in [0.25, 0.3) is 0 Å². The summed E-state index contributed by atoms with van der Waals surface area (Å²) in [6.45, 7) is 3.79. The van der Waals surface area contributed by atoms with Crippen molar-refractivity contribution in [3.63, 3.8) is 0 Å². The van der Waals surface area contributed by atoms with Crippen molar-refractivity contribution in [1.82, 2.24) is 0 Å². The minimum atomic E-state index is -0.638. The smallest absolute Gasteiger partial charge is 0.233 e. The molecule has 0 aliphatic rings. The van der Waals surface area contributed by atoms with Gasteiger partial charge >= 0.3 is 0 Å². The van der Waals surface area contributed by atoms with E-state index in [0.29, 0.717) is 5.69 Å². The second-order valence-corrected chi connectivity index (χ2v) is 4.43. The lowest BCUT2D eigenvalue weighted by Gasteiger charge is -2.28. The summed E-state index contributed by atoms with van der Waals surface area (Å²) in [5, 5.41) is 0. The Labute approximate surface area is 95.0 Å². The molecule has 0 bridgehead atoms. The zero-order chi connectivity index (χ0) is 12.3. The molecular formula is C12H17FN2O. The van der Waals surface area contributed by atoms with E-state index in [1.54, 1.807) is 33.0 Å². The van der Waals surface area contributed by atoms with Crippen LogP contribution in [-0.2, 0) is 4.79 Å². The first kappa shape index (κ1) is 12.6. The number of hydrogen-bond acceptors (Lipinski definition) is 2. The number of amides is 1. The number of carbonyl (C=O) groups excluding carboxylic acids is 1. The molecule has 0 aliphatic carbocycles. The summed E-state index contributed by atoms with van der Waals surface area (Å²) in [5.74, 6) is -0.483. The van der Waals surface area contributed by atoms with Gasteiger partial charge in [-0.25, -0.2) is 4.39 Å². The molecule has 0 aromatic heterocycles. The van der Waals surface area contributed by atoms with Gasteiger partial charge in [0, 0.05) is 19.3 Å². The van der Waals surface area contributed by atoms with Crippen molar-refractivity contribution in [3.05, 3.63) is 30.1 Å². The number of rotatable bonds is 3. The maximum Gasteiger partial charge on any atom is 0.233 e. The summed E-state index contributed by atoms with van der Waals surface area (Å²) < 4.78 is 13.0. The molecule has 4 heteroatoms. The van der Waals surface area contributed by atoms with E-state index in [4.69, 9.17) is 5.73 Å². The van der Waals surface area contributed by atoms with E-state index < -0.39 is 5.41 Å². The van der Waals surface area contributed by atoms with Crippen molar-refractivity contribution in [3.8, 4) is 0 Å². The zero-order valence-electron chi connectivity index (χ0n) is 9.83. The summed E-state index contributed by atoms with van der Waals surface area (Å²) in [6.07, 6.45) is 0. The summed E-state index contributed by atoms with van der Waals surface area (Å²) in [4.78, 5) is 13.5. The Kier molecular flexibility index (Phi) is 3.65. The van der Waals surface area contributed by atoms with Crippen LogP contribution >= 0.6 is 0 Å². The van der Waals surface area contributed by atoms with E-state index in [1.807, 2.05) is 0 Å². The number of nitrogens with two attached hydrogens (primary N) is 1. The van der Waals surface area contributed by atoms with Crippen molar-refractivity contribution >= 4 is 11.6 Å². The number of carbonyl (C=O) groups is 1. The van der Waals surface area contributed by atoms with E-state index in [0.717, 1.165) is 0 Å². The van der Waals surface area contributed by atoms with Crippen LogP contribution in [-0.4, -0.2) is 19.5 Å². The first-order valence-corrected chi connectivity index (χ1v) is 5.12. The Morgan fingerprint density at radius 2 is 2.12 bits per heavy atom. The van der Waals surface area contributed by atoms with Crippen LogP contribution in [0.4, 0.5) is 10.1 Å². The standard InChI is InChI=1S/C12H17FN2O/c1-12(2,8-14)11(16)15(3)10-6-4-5-9(13)7-10/h4-7H,8,14H2,1-3H3. The quantitative estimate of drug-likeness (QED) is 0.850. The molecule has 0 fully saturated rings. The topological polar surface area (TPSA) is 46.3 Å². The summed E-state index contributed by atoms with van der Waals surface area (Å²) in [6, 6.07) is 5.93. The van der Waals surface area contributed by atoms with Gasteiger partial charge in [-0.2, -0.15) is 0 Å². The van der Waals surface area contributed by atoms with Gasteiger partial charge in [0.2, 0.25) is 5.91 Å². The SMILES string of the molecule is CN(C(=O)C(C)(C)CN)c1cccc(F)c1. The third kappa shape index (κ3) is 2.58. The fourth-order valence-electron chi connectivity index (χ4n) is 1.34. The molecule has 0 radical (unpaired) electrons. The third-order valence-corrected chi connectivity index (χ3v) is 2.59. The van der Waals surface area contributed by atoms with Crippen molar-refractivity contribution in [2.24, 2.45) is 11.1 Å². The number of anilines is 1. The average Bonchev–Trinajstić information content (AvgIpc) is 2.27. The normalized spacial score (nSPS) is 11.3. The van der Waals surface area contributed by atoms with Crippen LogP contribution in [0.25, 0.3) is 0 Å². The van der Waals surface area contributed by atoms with Crippen LogP contribution in [0.1, 0.15) is 13.8 Å². The predicted molar refractivity (Wildman–Crippen MR) is 62.6 cm³/mol. The lowest BCUT2D eigenvalue weighted by Crippen LogP contribution is -2.43. The highest BCUT2D eigenvalue weighted by molar-refractivity contribution is 5.96. The van der Waals surface area contributed by atoms with Gasteiger partial charge in [-0.05, 0) is 32.0 Å². The molecule has 0 unspecified atom stereocenters. The Morgan fingerprint density at radius 1 is 1.50 bits per heavy atom. The molecule has 2 N–H and O–H groups in total. The maximum absolute atomic E-state index is 13.0. The molecule has 16 heavy (non-hydrogen) atoms. The fraction of sp³-hybridized carbons (Fsp3) is 0.417. The van der Waals surface area contributed by atoms with Crippen molar-refractivity contribution in [2.45, 2.75) is 13.8 Å². The van der Waals surface area contributed by atoms with Crippen molar-refractivity contribution < 1.29 is 9.18 Å². The molecule has 0 heterocycles. The maximum atomic E-state index is 13.0. The Hall–Kier alpha value is -1.42. The minimum Gasteiger partial charge on any atom is -0.329 e. The minimum absolute atomic E-state index is 0.124. The molecule has 1 aromatic carbocycles. The first-order valence-electron chi connectivity index (χ1n) is 5.12. The monoisotopic (exact) mass is 224 g/mol. The molecule has 0 spiro atoms. The molecular weight excluding hydrogens is 207 g/mol. The lowest BCUT2D eigenvalue weighted by atomic mass is 9.92. The van der Waals surface area contributed by atoms with Crippen LogP contribution < -0.4 is 10.6 Å². The van der Waals surface area contributed by atoms with Crippen LogP contribution in [0, 0.1) is 11.2 Å². The summed E-state index contributed by atoms with van der Waals surface area (Å²) in [7, 11) is 1.62. The number of halogens is 1. The Bertz CT molecular complexity index is 390. The zero-order valence-corrected chi connectivity index (χ0v) is 9.83. The number of benzene rings is 1. The highest BCUT2D eigenvalue weighted by Crippen LogP contribution is 2.22. The van der Waals surface area contributed by atoms with Gasteiger partial charge in [0.15, 0.2) is 0 Å². The molecule has 1 rings (SSSR count). The molecule has 3 nitrogen and oxygen atoms in total. The molecule has 1 aromatic rings. The van der Waals surface area contributed by atoms with Gasteiger partial charge in [0.05, 0.1) is 5.41 Å². The van der Waals surface area contributed by atoms with Crippen LogP contribution in [0.15, 0.2) is 24.3 Å². The Morgan fingerprint density at radius 3 is 2.62 bits per heavy atom. The highest BCUT2D eigenvalue weighted by Gasteiger charge is 2.29. The van der Waals surface area contributed by atoms with Crippen molar-refractivity contribution in [2.75, 3.05) is 18.5 Å². The molecule has 0 aliphatic heterocycles. The van der Waals surface area contributed by atoms with Gasteiger partial charge in [0.1, 0.15) is 5.82 Å². The first-order chi connectivity index (χ1) is 7.38. The molecule has 1 amide bonds. The van der Waals surface area contributed by atoms with Crippen molar-refractivity contribution in [1.29, 1.82) is 0 Å². The molecule has 0 saturated carbocycles. The van der Waals surface area contributed by atoms with Gasteiger partial charge in [-0.15, -0.1) is 0 Å². The van der Waals surface area contributed by atoms with E-state index in [2.05, 4.69) is 0 Å². The average molecular weight is 224 g/mol. The van der Waals surface area contributed by atoms with Crippen LogP contribution in [0.5, 0.6) is 0 Å². The lowest BCUT2D eigenvalue weighted by molar-refractivity contribution is -0.125. The van der Waals surface area contributed by atoms with Crippen LogP contribution in [0.3, 0.4) is 0 Å². The summed E-state index contributed by atoms with van der Waals surface area (Å²) >= 11 is 0. The molecule has 0 saturated heterocycles. The third-order valence-electron chi connectivity index (χ3n) is 2.59. The Balaban J connectivity index is 2.95. The van der Waals surface area contributed by atoms with Gasteiger partial charge in [-0.3, -0.25) is 4.79 Å². The fourth-order valence-corrected chi connectivity index (χ4v) is 1.34. The largest absolute Gasteiger partial charge is 0.329 e.